The van der Waals surface area contributed by atoms with Crippen LogP contribution >= 0.6 is 11.6 Å². The Balaban J connectivity index is 1.62. The van der Waals surface area contributed by atoms with E-state index in [4.69, 9.17) is 21.6 Å². The number of alkyl halides is 1. The quantitative estimate of drug-likeness (QED) is 0.599. The summed E-state index contributed by atoms with van der Waals surface area (Å²) < 4.78 is 0. The van der Waals surface area contributed by atoms with Gasteiger partial charge in [0.25, 0.3) is 0 Å². The van der Waals surface area contributed by atoms with Crippen LogP contribution in [0.3, 0.4) is 0 Å². The fourth-order valence-corrected chi connectivity index (χ4v) is 3.72. The third-order valence-electron chi connectivity index (χ3n) is 5.12. The van der Waals surface area contributed by atoms with Crippen molar-refractivity contribution in [1.29, 1.82) is 0 Å². The van der Waals surface area contributed by atoms with Crippen LogP contribution in [0.5, 0.6) is 0 Å². The van der Waals surface area contributed by atoms with E-state index in [1.807, 2.05) is 47.5 Å². The summed E-state index contributed by atoms with van der Waals surface area (Å²) in [7, 11) is 0. The number of halogens is 1. The third kappa shape index (κ3) is 4.40. The number of rotatable bonds is 5. The highest BCUT2D eigenvalue weighted by Gasteiger charge is 2.23. The van der Waals surface area contributed by atoms with E-state index in [1.165, 1.54) is 0 Å². The van der Waals surface area contributed by atoms with Crippen molar-refractivity contribution in [1.82, 2.24) is 14.9 Å². The maximum absolute atomic E-state index is 12.1. The molecule has 0 bridgehead atoms. The van der Waals surface area contributed by atoms with Gasteiger partial charge in [0.15, 0.2) is 0 Å². The molecule has 2 aromatic carbocycles. The van der Waals surface area contributed by atoms with Gasteiger partial charge in [0.1, 0.15) is 5.82 Å². The molecule has 148 valence electrons. The fourth-order valence-electron chi connectivity index (χ4n) is 3.56. The minimum Gasteiger partial charge on any atom is -0.352 e. The van der Waals surface area contributed by atoms with E-state index in [0.29, 0.717) is 25.4 Å². The molecular weight excluding hydrogens is 384 g/mol. The molecule has 0 saturated carbocycles. The van der Waals surface area contributed by atoms with Gasteiger partial charge in [0.05, 0.1) is 17.6 Å². The third-order valence-corrected chi connectivity index (χ3v) is 5.31. The number of anilines is 1. The first kappa shape index (κ1) is 19.4. The Bertz CT molecular complexity index is 957. The van der Waals surface area contributed by atoms with Crippen molar-refractivity contribution in [3.8, 4) is 22.5 Å². The zero-order chi connectivity index (χ0) is 20.1. The average Bonchev–Trinajstić information content (AvgIpc) is 2.80. The summed E-state index contributed by atoms with van der Waals surface area (Å²) in [6.07, 6.45) is 2.23. The van der Waals surface area contributed by atoms with Crippen molar-refractivity contribution in [3.63, 3.8) is 0 Å². The van der Waals surface area contributed by atoms with Crippen LogP contribution in [0.15, 0.2) is 66.9 Å². The second kappa shape index (κ2) is 9.05. The van der Waals surface area contributed by atoms with E-state index in [9.17, 15) is 4.79 Å². The van der Waals surface area contributed by atoms with Crippen LogP contribution < -0.4 is 4.90 Å². The molecule has 1 aliphatic heterocycles. The number of carbonyl (C=O) groups excluding carboxylic acids is 1. The zero-order valence-electron chi connectivity index (χ0n) is 16.2. The predicted octanol–water partition coefficient (Wildman–Crippen LogP) is 4.09. The summed E-state index contributed by atoms with van der Waals surface area (Å²) in [4.78, 5) is 25.9. The first-order chi connectivity index (χ1) is 14.3. The van der Waals surface area contributed by atoms with Crippen LogP contribution in [-0.4, -0.2) is 52.8 Å². The first-order valence-corrected chi connectivity index (χ1v) is 10.4. The molecule has 0 aliphatic carbocycles. The molecule has 0 spiro atoms. The zero-order valence-corrected chi connectivity index (χ0v) is 16.9. The highest BCUT2D eigenvalue weighted by molar-refractivity contribution is 6.18. The van der Waals surface area contributed by atoms with Gasteiger partial charge in [-0.15, -0.1) is 11.6 Å². The highest BCUT2D eigenvalue weighted by atomic mass is 35.5. The maximum Gasteiger partial charge on any atom is 0.223 e. The number of hydrogen-bond donors (Lipinski definition) is 0. The Kier molecular flexibility index (Phi) is 6.06. The second-order valence-electron chi connectivity index (χ2n) is 6.96. The Morgan fingerprint density at radius 3 is 2.03 bits per heavy atom. The lowest BCUT2D eigenvalue weighted by atomic mass is 10.0. The summed E-state index contributed by atoms with van der Waals surface area (Å²) in [5.41, 5.74) is 3.82. The van der Waals surface area contributed by atoms with Gasteiger partial charge in [-0.3, -0.25) is 9.78 Å². The summed E-state index contributed by atoms with van der Waals surface area (Å²) in [6.45, 7) is 2.83. The van der Waals surface area contributed by atoms with Gasteiger partial charge in [0.2, 0.25) is 5.91 Å². The van der Waals surface area contributed by atoms with Crippen LogP contribution in [-0.2, 0) is 4.79 Å². The lowest BCUT2D eigenvalue weighted by Gasteiger charge is -2.35. The van der Waals surface area contributed by atoms with E-state index in [-0.39, 0.29) is 5.91 Å². The van der Waals surface area contributed by atoms with Crippen molar-refractivity contribution in [2.45, 2.75) is 6.42 Å². The van der Waals surface area contributed by atoms with Gasteiger partial charge in [-0.2, -0.15) is 0 Å². The average molecular weight is 407 g/mol. The molecule has 6 heteroatoms. The van der Waals surface area contributed by atoms with Gasteiger partial charge in [-0.1, -0.05) is 60.7 Å². The Morgan fingerprint density at radius 1 is 0.862 bits per heavy atom. The Hall–Kier alpha value is -2.92. The SMILES string of the molecule is O=C(CCCl)N1CCN(c2cnc(-c3ccccc3)c(-c3ccccc3)n2)CC1. The van der Waals surface area contributed by atoms with E-state index in [2.05, 4.69) is 29.2 Å². The maximum atomic E-state index is 12.1. The van der Waals surface area contributed by atoms with Gasteiger partial charge in [-0.25, -0.2) is 4.98 Å². The molecule has 0 radical (unpaired) electrons. The highest BCUT2D eigenvalue weighted by Crippen LogP contribution is 2.30. The number of nitrogens with zero attached hydrogens (tertiary/aromatic N) is 4. The lowest BCUT2D eigenvalue weighted by Crippen LogP contribution is -2.49. The number of carbonyl (C=O) groups is 1. The summed E-state index contributed by atoms with van der Waals surface area (Å²) in [5, 5.41) is 0. The Morgan fingerprint density at radius 2 is 1.45 bits per heavy atom. The molecule has 3 aromatic rings. The summed E-state index contributed by atoms with van der Waals surface area (Å²) in [6, 6.07) is 20.3. The Labute approximate surface area is 176 Å². The molecule has 1 aliphatic rings. The van der Waals surface area contributed by atoms with E-state index in [1.54, 1.807) is 0 Å². The van der Waals surface area contributed by atoms with Crippen LogP contribution in [0, 0.1) is 0 Å². The standard InChI is InChI=1S/C23H23ClN4O/c24-12-11-21(29)28-15-13-27(14-16-28)20-17-25-22(18-7-3-1-4-8-18)23(26-20)19-9-5-2-6-10-19/h1-10,17H,11-16H2. The van der Waals surface area contributed by atoms with Crippen molar-refractivity contribution >= 4 is 23.3 Å². The molecule has 1 fully saturated rings. The van der Waals surface area contributed by atoms with Gasteiger partial charge >= 0.3 is 0 Å². The monoisotopic (exact) mass is 406 g/mol. The molecule has 0 atom stereocenters. The van der Waals surface area contributed by atoms with Crippen LogP contribution in [0.4, 0.5) is 5.82 Å². The molecule has 1 amide bonds. The lowest BCUT2D eigenvalue weighted by molar-refractivity contribution is -0.131. The van der Waals surface area contributed by atoms with Crippen LogP contribution in [0.25, 0.3) is 22.5 Å². The molecular formula is C23H23ClN4O. The van der Waals surface area contributed by atoms with Gasteiger partial charge < -0.3 is 9.80 Å². The predicted molar refractivity (Wildman–Crippen MR) is 117 cm³/mol. The van der Waals surface area contributed by atoms with E-state index in [0.717, 1.165) is 41.4 Å². The second-order valence-corrected chi connectivity index (χ2v) is 7.34. The first-order valence-electron chi connectivity index (χ1n) is 9.83. The minimum atomic E-state index is 0.120. The molecule has 29 heavy (non-hydrogen) atoms. The smallest absolute Gasteiger partial charge is 0.223 e. The molecule has 2 heterocycles. The molecule has 1 aromatic heterocycles. The number of amides is 1. The van der Waals surface area contributed by atoms with E-state index >= 15 is 0 Å². The number of hydrogen-bond acceptors (Lipinski definition) is 4. The molecule has 0 N–H and O–H groups in total. The number of benzene rings is 2. The van der Waals surface area contributed by atoms with Crippen LogP contribution in [0.1, 0.15) is 6.42 Å². The number of piperazine rings is 1. The minimum absolute atomic E-state index is 0.120. The molecule has 0 unspecified atom stereocenters. The topological polar surface area (TPSA) is 49.3 Å². The van der Waals surface area contributed by atoms with Crippen LogP contribution in [0.2, 0.25) is 0 Å². The van der Waals surface area contributed by atoms with Crippen molar-refractivity contribution in [2.24, 2.45) is 0 Å². The molecule has 4 rings (SSSR count). The normalized spacial score (nSPS) is 14.1. The fraction of sp³-hybridized carbons (Fsp3) is 0.261. The van der Waals surface area contributed by atoms with Gasteiger partial charge in [0, 0.05) is 49.6 Å². The number of aromatic nitrogens is 2. The van der Waals surface area contributed by atoms with E-state index < -0.39 is 0 Å². The van der Waals surface area contributed by atoms with Gasteiger partial charge in [-0.05, 0) is 0 Å². The molecule has 5 nitrogen and oxygen atoms in total. The summed E-state index contributed by atoms with van der Waals surface area (Å²) >= 11 is 5.70. The molecule has 1 saturated heterocycles. The van der Waals surface area contributed by atoms with Crippen molar-refractivity contribution in [2.75, 3.05) is 37.0 Å². The summed E-state index contributed by atoms with van der Waals surface area (Å²) in [5.74, 6) is 1.33. The largest absolute Gasteiger partial charge is 0.352 e. The van der Waals surface area contributed by atoms with Crippen molar-refractivity contribution in [3.05, 3.63) is 66.9 Å². The van der Waals surface area contributed by atoms with Crippen molar-refractivity contribution < 1.29 is 4.79 Å².